The van der Waals surface area contributed by atoms with E-state index in [1.807, 2.05) is 43.3 Å². The van der Waals surface area contributed by atoms with Gasteiger partial charge in [-0.3, -0.25) is 0 Å². The lowest BCUT2D eigenvalue weighted by Crippen LogP contribution is -2.07. The zero-order chi connectivity index (χ0) is 21.1. The van der Waals surface area contributed by atoms with Gasteiger partial charge in [-0.2, -0.15) is 0 Å². The maximum atomic E-state index is 10.4. The molecule has 7 heteroatoms. The van der Waals surface area contributed by atoms with Gasteiger partial charge in [-0.1, -0.05) is 34.8 Å². The molecular weight excluding hydrogens is 419 g/mol. The third-order valence-corrected chi connectivity index (χ3v) is 5.14. The Morgan fingerprint density at radius 2 is 1.77 bits per heavy atom. The molecule has 30 heavy (non-hydrogen) atoms. The van der Waals surface area contributed by atoms with Gasteiger partial charge in [0.1, 0.15) is 11.6 Å². The maximum Gasteiger partial charge on any atom is 0.127 e. The van der Waals surface area contributed by atoms with Gasteiger partial charge in [0.05, 0.1) is 12.0 Å². The van der Waals surface area contributed by atoms with Gasteiger partial charge in [0.2, 0.25) is 0 Å². The van der Waals surface area contributed by atoms with Crippen molar-refractivity contribution >= 4 is 29.0 Å². The lowest BCUT2D eigenvalue weighted by Gasteiger charge is -2.13. The number of imidazole rings is 1. The fourth-order valence-corrected chi connectivity index (χ4v) is 3.77. The molecule has 152 valence electrons. The van der Waals surface area contributed by atoms with Crippen LogP contribution in [0.25, 0.3) is 22.4 Å². The average Bonchev–Trinajstić information content (AvgIpc) is 3.22. The second-order valence-electron chi connectivity index (χ2n) is 7.06. The van der Waals surface area contributed by atoms with Crippen LogP contribution in [0.1, 0.15) is 11.3 Å². The summed E-state index contributed by atoms with van der Waals surface area (Å²) in [6, 6.07) is 14.8. The normalized spacial score (nSPS) is 10.9. The summed E-state index contributed by atoms with van der Waals surface area (Å²) in [5.74, 6) is 0.872. The number of phenols is 1. The van der Waals surface area contributed by atoms with Crippen LogP contribution in [-0.4, -0.2) is 26.6 Å². The fraction of sp³-hybridized carbons (Fsp3) is 0.130. The molecule has 0 aliphatic carbocycles. The van der Waals surface area contributed by atoms with Crippen molar-refractivity contribution in [2.45, 2.75) is 13.3 Å². The molecule has 5 nitrogen and oxygen atoms in total. The molecule has 0 spiro atoms. The minimum atomic E-state index is 0.179. The van der Waals surface area contributed by atoms with Crippen molar-refractivity contribution < 1.29 is 5.11 Å². The summed E-state index contributed by atoms with van der Waals surface area (Å²) in [5.41, 5.74) is 5.18. The Kier molecular flexibility index (Phi) is 5.93. The number of rotatable bonds is 6. The third kappa shape index (κ3) is 4.75. The smallest absolute Gasteiger partial charge is 0.127 e. The predicted octanol–water partition coefficient (Wildman–Crippen LogP) is 6.11. The second kappa shape index (κ2) is 8.78. The molecule has 2 aromatic heterocycles. The van der Waals surface area contributed by atoms with E-state index in [0.29, 0.717) is 33.7 Å². The number of phenolic OH excluding ortho intramolecular Hbond substituents is 1. The van der Waals surface area contributed by atoms with Crippen molar-refractivity contribution in [2.75, 3.05) is 11.9 Å². The van der Waals surface area contributed by atoms with Crippen molar-refractivity contribution in [3.05, 3.63) is 82.4 Å². The van der Waals surface area contributed by atoms with Crippen LogP contribution in [0.2, 0.25) is 10.0 Å². The summed E-state index contributed by atoms with van der Waals surface area (Å²) in [6.45, 7) is 2.65. The van der Waals surface area contributed by atoms with E-state index in [4.69, 9.17) is 28.2 Å². The van der Waals surface area contributed by atoms with Crippen LogP contribution in [0.3, 0.4) is 0 Å². The summed E-state index contributed by atoms with van der Waals surface area (Å²) >= 11 is 12.4. The minimum absolute atomic E-state index is 0.179. The number of nitrogens with zero attached hydrogens (tertiary/aromatic N) is 2. The van der Waals surface area contributed by atoms with Gasteiger partial charge >= 0.3 is 0 Å². The van der Waals surface area contributed by atoms with Crippen molar-refractivity contribution in [2.24, 2.45) is 0 Å². The monoisotopic (exact) mass is 438 g/mol. The Labute approximate surface area is 184 Å². The van der Waals surface area contributed by atoms with E-state index in [1.165, 1.54) is 0 Å². The Balaban J connectivity index is 1.74. The number of halogens is 2. The quantitative estimate of drug-likeness (QED) is 0.339. The summed E-state index contributed by atoms with van der Waals surface area (Å²) in [7, 11) is 0. The highest BCUT2D eigenvalue weighted by Crippen LogP contribution is 2.34. The molecule has 2 heterocycles. The standard InChI is InChI=1S/C23H20Cl2N4O/c1-14-2-3-22(30)20(6-14)21-9-16(15-7-17(24)11-18(25)8-15)10-23(29-21)27-5-4-19-12-26-13-28-19/h2-3,6-13,30H,4-5H2,1H3,(H,26,28)(H,27,29). The van der Waals surface area contributed by atoms with E-state index in [9.17, 15) is 5.11 Å². The highest BCUT2D eigenvalue weighted by atomic mass is 35.5. The Bertz CT molecular complexity index is 1160. The van der Waals surface area contributed by atoms with E-state index in [2.05, 4.69) is 15.3 Å². The van der Waals surface area contributed by atoms with Gasteiger partial charge in [0.15, 0.2) is 0 Å². The fourth-order valence-electron chi connectivity index (χ4n) is 3.25. The van der Waals surface area contributed by atoms with Gasteiger partial charge < -0.3 is 15.4 Å². The number of aromatic nitrogens is 3. The van der Waals surface area contributed by atoms with Crippen molar-refractivity contribution in [1.29, 1.82) is 0 Å². The number of aromatic hydroxyl groups is 1. The van der Waals surface area contributed by atoms with E-state index >= 15 is 0 Å². The molecule has 0 bridgehead atoms. The molecule has 0 fully saturated rings. The van der Waals surface area contributed by atoms with Gasteiger partial charge in [-0.05, 0) is 60.5 Å². The molecule has 0 amide bonds. The Morgan fingerprint density at radius 3 is 2.50 bits per heavy atom. The second-order valence-corrected chi connectivity index (χ2v) is 7.93. The van der Waals surface area contributed by atoms with E-state index in [0.717, 1.165) is 28.8 Å². The largest absolute Gasteiger partial charge is 0.507 e. The number of benzene rings is 2. The average molecular weight is 439 g/mol. The molecule has 0 unspecified atom stereocenters. The topological polar surface area (TPSA) is 73.8 Å². The summed E-state index contributed by atoms with van der Waals surface area (Å²) < 4.78 is 0. The molecule has 0 saturated carbocycles. The van der Waals surface area contributed by atoms with Crippen LogP contribution in [0.5, 0.6) is 5.75 Å². The van der Waals surface area contributed by atoms with Crippen molar-refractivity contribution in [3.63, 3.8) is 0 Å². The SMILES string of the molecule is Cc1ccc(O)c(-c2cc(-c3cc(Cl)cc(Cl)c3)cc(NCCc3cnc[nH]3)n2)c1. The number of pyridine rings is 1. The van der Waals surface area contributed by atoms with Crippen LogP contribution in [-0.2, 0) is 6.42 Å². The van der Waals surface area contributed by atoms with Crippen molar-refractivity contribution in [1.82, 2.24) is 15.0 Å². The molecule has 0 atom stereocenters. The van der Waals surface area contributed by atoms with Crippen LogP contribution in [0.4, 0.5) is 5.82 Å². The summed E-state index contributed by atoms with van der Waals surface area (Å²) in [4.78, 5) is 11.9. The number of aryl methyl sites for hydroxylation is 1. The molecule has 4 rings (SSSR count). The first-order chi connectivity index (χ1) is 14.5. The third-order valence-electron chi connectivity index (χ3n) is 4.70. The molecule has 0 radical (unpaired) electrons. The van der Waals surface area contributed by atoms with Gasteiger partial charge in [0, 0.05) is 40.5 Å². The first-order valence-corrected chi connectivity index (χ1v) is 10.2. The Hall–Kier alpha value is -3.02. The van der Waals surface area contributed by atoms with E-state index < -0.39 is 0 Å². The van der Waals surface area contributed by atoms with E-state index in [1.54, 1.807) is 24.7 Å². The molecule has 0 saturated heterocycles. The molecule has 0 aliphatic rings. The van der Waals surface area contributed by atoms with Crippen LogP contribution in [0, 0.1) is 6.92 Å². The number of H-pyrrole nitrogens is 1. The lowest BCUT2D eigenvalue weighted by atomic mass is 10.0. The minimum Gasteiger partial charge on any atom is -0.507 e. The first kappa shape index (κ1) is 20.3. The zero-order valence-electron chi connectivity index (χ0n) is 16.3. The van der Waals surface area contributed by atoms with Gasteiger partial charge in [-0.25, -0.2) is 9.97 Å². The van der Waals surface area contributed by atoms with Gasteiger partial charge in [0.25, 0.3) is 0 Å². The number of hydrogen-bond acceptors (Lipinski definition) is 4. The molecule has 0 aliphatic heterocycles. The molecular formula is C23H20Cl2N4O. The summed E-state index contributed by atoms with van der Waals surface area (Å²) in [5, 5.41) is 14.9. The summed E-state index contributed by atoms with van der Waals surface area (Å²) in [6.07, 6.45) is 4.24. The molecule has 4 aromatic rings. The predicted molar refractivity (Wildman–Crippen MR) is 122 cm³/mol. The van der Waals surface area contributed by atoms with Crippen molar-refractivity contribution in [3.8, 4) is 28.1 Å². The Morgan fingerprint density at radius 1 is 1.00 bits per heavy atom. The lowest BCUT2D eigenvalue weighted by molar-refractivity contribution is 0.477. The van der Waals surface area contributed by atoms with Gasteiger partial charge in [-0.15, -0.1) is 0 Å². The highest BCUT2D eigenvalue weighted by Gasteiger charge is 2.12. The zero-order valence-corrected chi connectivity index (χ0v) is 17.8. The van der Waals surface area contributed by atoms with E-state index in [-0.39, 0.29) is 5.75 Å². The maximum absolute atomic E-state index is 10.4. The first-order valence-electron chi connectivity index (χ1n) is 9.47. The van der Waals surface area contributed by atoms with Crippen LogP contribution < -0.4 is 5.32 Å². The number of aromatic amines is 1. The highest BCUT2D eigenvalue weighted by molar-refractivity contribution is 6.35. The molecule has 2 aromatic carbocycles. The van der Waals surface area contributed by atoms with Crippen LogP contribution >= 0.6 is 23.2 Å². The molecule has 3 N–H and O–H groups in total. The number of anilines is 1. The number of hydrogen-bond donors (Lipinski definition) is 3. The number of nitrogens with one attached hydrogen (secondary N) is 2. The van der Waals surface area contributed by atoms with Crippen LogP contribution in [0.15, 0.2) is 61.1 Å².